The second kappa shape index (κ2) is 6.21. The van der Waals surface area contributed by atoms with Gasteiger partial charge in [0.15, 0.2) is 5.82 Å². The Kier molecular flexibility index (Phi) is 4.07. The van der Waals surface area contributed by atoms with Crippen molar-refractivity contribution in [1.82, 2.24) is 25.1 Å². The number of piperidine rings is 1. The van der Waals surface area contributed by atoms with Gasteiger partial charge in [-0.2, -0.15) is 4.68 Å². The van der Waals surface area contributed by atoms with E-state index in [4.69, 9.17) is 11.6 Å². The quantitative estimate of drug-likeness (QED) is 0.862. The Hall–Kier alpha value is -1.46. The summed E-state index contributed by atoms with van der Waals surface area (Å²) in [6.07, 6.45) is 8.69. The maximum atomic E-state index is 6.16. The number of nitrogens with zero attached hydrogens (tertiary/aromatic N) is 5. The molecule has 2 aliphatic rings. The number of aromatic nitrogens is 4. The third kappa shape index (κ3) is 2.66. The summed E-state index contributed by atoms with van der Waals surface area (Å²) in [6, 6.07) is 7.78. The fraction of sp³-hybridized carbons (Fsp3) is 0.588. The lowest BCUT2D eigenvalue weighted by Crippen LogP contribution is -2.48. The van der Waals surface area contributed by atoms with E-state index in [1.807, 2.05) is 28.9 Å². The second-order valence-corrected chi connectivity index (χ2v) is 7.12. The van der Waals surface area contributed by atoms with Crippen molar-refractivity contribution in [3.63, 3.8) is 0 Å². The van der Waals surface area contributed by atoms with Crippen LogP contribution in [0.1, 0.15) is 50.8 Å². The zero-order valence-corrected chi connectivity index (χ0v) is 14.0. The molecular formula is C17H22ClN5. The first-order valence-electron chi connectivity index (χ1n) is 8.59. The summed E-state index contributed by atoms with van der Waals surface area (Å²) in [5.74, 6) is 0.985. The zero-order chi connectivity index (χ0) is 15.7. The molecule has 1 saturated heterocycles. The molecule has 0 unspecified atom stereocenters. The van der Waals surface area contributed by atoms with Crippen LogP contribution in [0.2, 0.25) is 5.02 Å². The van der Waals surface area contributed by atoms with E-state index in [0.717, 1.165) is 37.4 Å². The van der Waals surface area contributed by atoms with Crippen LogP contribution in [-0.2, 0) is 5.54 Å². The number of likely N-dealkylation sites (tertiary alicyclic amines) is 1. The van der Waals surface area contributed by atoms with Crippen LogP contribution >= 0.6 is 11.6 Å². The summed E-state index contributed by atoms with van der Waals surface area (Å²) in [7, 11) is 0. The highest BCUT2D eigenvalue weighted by Gasteiger charge is 2.45. The number of rotatable bonds is 3. The van der Waals surface area contributed by atoms with Gasteiger partial charge in [0.2, 0.25) is 0 Å². The predicted octanol–water partition coefficient (Wildman–Crippen LogP) is 3.57. The van der Waals surface area contributed by atoms with E-state index in [2.05, 4.69) is 20.4 Å². The van der Waals surface area contributed by atoms with E-state index in [0.29, 0.717) is 5.02 Å². The van der Waals surface area contributed by atoms with Crippen LogP contribution in [0.5, 0.6) is 0 Å². The molecule has 1 aliphatic heterocycles. The Morgan fingerprint density at radius 1 is 1.00 bits per heavy atom. The molecule has 0 radical (unpaired) electrons. The molecule has 2 fully saturated rings. The smallest absolute Gasteiger partial charge is 0.176 e. The normalized spacial score (nSPS) is 21.6. The fourth-order valence-corrected chi connectivity index (χ4v) is 4.41. The number of hydrogen-bond acceptors (Lipinski definition) is 4. The van der Waals surface area contributed by atoms with Crippen LogP contribution in [0.25, 0.3) is 5.69 Å². The van der Waals surface area contributed by atoms with Gasteiger partial charge in [0.1, 0.15) is 0 Å². The first-order valence-corrected chi connectivity index (χ1v) is 8.97. The molecule has 0 spiro atoms. The Balaban J connectivity index is 1.77. The summed E-state index contributed by atoms with van der Waals surface area (Å²) >= 11 is 6.16. The minimum absolute atomic E-state index is 0.00770. The van der Waals surface area contributed by atoms with Crippen LogP contribution in [0.15, 0.2) is 24.3 Å². The van der Waals surface area contributed by atoms with Crippen LogP contribution in [0.4, 0.5) is 0 Å². The van der Waals surface area contributed by atoms with Crippen LogP contribution in [-0.4, -0.2) is 38.2 Å². The molecule has 122 valence electrons. The van der Waals surface area contributed by atoms with Crippen molar-refractivity contribution >= 4 is 11.6 Å². The average Bonchev–Trinajstić information content (AvgIpc) is 3.26. The highest BCUT2D eigenvalue weighted by molar-refractivity contribution is 6.30. The third-order valence-electron chi connectivity index (χ3n) is 5.33. The largest absolute Gasteiger partial charge is 0.291 e. The monoisotopic (exact) mass is 331 g/mol. The van der Waals surface area contributed by atoms with E-state index in [1.54, 1.807) is 0 Å². The standard InChI is InChI=1S/C17H22ClN5/c18-14-7-6-8-15(13-14)23-16(19-20-21-23)17(9-2-3-10-17)22-11-4-1-5-12-22/h6-8,13H,1-5,9-12H2. The fourth-order valence-electron chi connectivity index (χ4n) is 4.22. The van der Waals surface area contributed by atoms with E-state index in [9.17, 15) is 0 Å². The predicted molar refractivity (Wildman–Crippen MR) is 89.7 cm³/mol. The van der Waals surface area contributed by atoms with Crippen LogP contribution in [0.3, 0.4) is 0 Å². The van der Waals surface area contributed by atoms with Crippen molar-refractivity contribution in [1.29, 1.82) is 0 Å². The molecule has 6 heteroatoms. The summed E-state index contributed by atoms with van der Waals surface area (Å²) < 4.78 is 1.89. The Bertz CT molecular complexity index is 671. The molecular weight excluding hydrogens is 310 g/mol. The van der Waals surface area contributed by atoms with Crippen molar-refractivity contribution < 1.29 is 0 Å². The summed E-state index contributed by atoms with van der Waals surface area (Å²) in [5.41, 5.74) is 0.937. The van der Waals surface area contributed by atoms with E-state index in [1.165, 1.54) is 32.1 Å². The Morgan fingerprint density at radius 3 is 2.52 bits per heavy atom. The maximum Gasteiger partial charge on any atom is 0.176 e. The molecule has 0 bridgehead atoms. The molecule has 0 N–H and O–H groups in total. The highest BCUT2D eigenvalue weighted by Crippen LogP contribution is 2.44. The molecule has 1 aromatic heterocycles. The van der Waals surface area contributed by atoms with Gasteiger partial charge in [0.25, 0.3) is 0 Å². The van der Waals surface area contributed by atoms with E-state index in [-0.39, 0.29) is 5.54 Å². The van der Waals surface area contributed by atoms with Gasteiger partial charge in [0, 0.05) is 5.02 Å². The van der Waals surface area contributed by atoms with Crippen LogP contribution < -0.4 is 0 Å². The molecule has 1 aromatic carbocycles. The lowest BCUT2D eigenvalue weighted by molar-refractivity contribution is 0.0589. The first kappa shape index (κ1) is 15.1. The van der Waals surface area contributed by atoms with Crippen molar-refractivity contribution in [2.75, 3.05) is 13.1 Å². The topological polar surface area (TPSA) is 46.8 Å². The molecule has 5 nitrogen and oxygen atoms in total. The van der Waals surface area contributed by atoms with Crippen molar-refractivity contribution in [3.05, 3.63) is 35.1 Å². The van der Waals surface area contributed by atoms with E-state index < -0.39 is 0 Å². The molecule has 0 atom stereocenters. The highest BCUT2D eigenvalue weighted by atomic mass is 35.5. The lowest BCUT2D eigenvalue weighted by Gasteiger charge is -2.42. The third-order valence-corrected chi connectivity index (χ3v) is 5.57. The summed E-state index contributed by atoms with van der Waals surface area (Å²) in [4.78, 5) is 2.64. The lowest BCUT2D eigenvalue weighted by atomic mass is 9.91. The van der Waals surface area contributed by atoms with Gasteiger partial charge in [-0.15, -0.1) is 5.10 Å². The van der Waals surface area contributed by atoms with Gasteiger partial charge in [-0.05, 0) is 67.4 Å². The Morgan fingerprint density at radius 2 is 1.78 bits per heavy atom. The van der Waals surface area contributed by atoms with Crippen molar-refractivity contribution in [2.24, 2.45) is 0 Å². The maximum absolute atomic E-state index is 6.16. The molecule has 4 rings (SSSR count). The molecule has 1 aliphatic carbocycles. The molecule has 1 saturated carbocycles. The SMILES string of the molecule is Clc1cccc(-n2nnnc2C2(N3CCCCC3)CCCC2)c1. The van der Waals surface area contributed by atoms with Gasteiger partial charge in [-0.25, -0.2) is 0 Å². The molecule has 0 amide bonds. The van der Waals surface area contributed by atoms with Gasteiger partial charge in [0.05, 0.1) is 11.2 Å². The minimum atomic E-state index is -0.00770. The van der Waals surface area contributed by atoms with Crippen molar-refractivity contribution in [2.45, 2.75) is 50.5 Å². The van der Waals surface area contributed by atoms with Gasteiger partial charge in [-0.1, -0.05) is 36.9 Å². The number of tetrazole rings is 1. The van der Waals surface area contributed by atoms with Gasteiger partial charge < -0.3 is 0 Å². The number of benzene rings is 1. The Labute approximate surface area is 141 Å². The summed E-state index contributed by atoms with van der Waals surface area (Å²) in [6.45, 7) is 2.31. The molecule has 23 heavy (non-hydrogen) atoms. The molecule has 2 aromatic rings. The number of hydrogen-bond donors (Lipinski definition) is 0. The summed E-state index contributed by atoms with van der Waals surface area (Å²) in [5, 5.41) is 13.5. The first-order chi connectivity index (χ1) is 11.3. The van der Waals surface area contributed by atoms with Gasteiger partial charge >= 0.3 is 0 Å². The van der Waals surface area contributed by atoms with Gasteiger partial charge in [-0.3, -0.25) is 4.90 Å². The zero-order valence-electron chi connectivity index (χ0n) is 13.3. The second-order valence-electron chi connectivity index (χ2n) is 6.68. The van der Waals surface area contributed by atoms with Crippen molar-refractivity contribution in [3.8, 4) is 5.69 Å². The average molecular weight is 332 g/mol. The molecule has 2 heterocycles. The van der Waals surface area contributed by atoms with Crippen LogP contribution in [0, 0.1) is 0 Å². The van der Waals surface area contributed by atoms with E-state index >= 15 is 0 Å². The minimum Gasteiger partial charge on any atom is -0.291 e. The number of halogens is 1.